The van der Waals surface area contributed by atoms with Crippen LogP contribution in [-0.4, -0.2) is 66.3 Å². The number of hydrogen-bond acceptors (Lipinski definition) is 5. The van der Waals surface area contributed by atoms with Gasteiger partial charge in [-0.3, -0.25) is 0 Å². The zero-order valence-corrected chi connectivity index (χ0v) is 22.4. The lowest BCUT2D eigenvalue weighted by Gasteiger charge is -2.42. The summed E-state index contributed by atoms with van der Waals surface area (Å²) in [6, 6.07) is 14.4. The second kappa shape index (κ2) is 11.6. The van der Waals surface area contributed by atoms with Gasteiger partial charge in [0.05, 0.1) is 12.2 Å². The van der Waals surface area contributed by atoms with E-state index >= 15 is 0 Å². The van der Waals surface area contributed by atoms with E-state index in [1.165, 1.54) is 17.7 Å². The van der Waals surface area contributed by atoms with Crippen LogP contribution in [0.15, 0.2) is 48.5 Å². The first-order valence-corrected chi connectivity index (χ1v) is 13.4. The van der Waals surface area contributed by atoms with E-state index in [4.69, 9.17) is 9.47 Å². The van der Waals surface area contributed by atoms with Gasteiger partial charge in [-0.25, -0.2) is 14.0 Å². The van der Waals surface area contributed by atoms with Crippen molar-refractivity contribution in [3.63, 3.8) is 0 Å². The molecule has 0 spiro atoms. The van der Waals surface area contributed by atoms with Crippen LogP contribution in [0, 0.1) is 11.7 Å². The van der Waals surface area contributed by atoms with Gasteiger partial charge in [0.1, 0.15) is 11.4 Å². The molecule has 0 aromatic heterocycles. The van der Waals surface area contributed by atoms with E-state index in [0.717, 1.165) is 44.5 Å². The molecule has 1 saturated carbocycles. The van der Waals surface area contributed by atoms with Crippen LogP contribution in [-0.2, 0) is 15.9 Å². The first-order valence-electron chi connectivity index (χ1n) is 13.4. The average molecular weight is 511 g/mol. The molecule has 0 radical (unpaired) electrons. The van der Waals surface area contributed by atoms with Gasteiger partial charge in [0.15, 0.2) is 0 Å². The minimum absolute atomic E-state index is 0.104. The summed E-state index contributed by atoms with van der Waals surface area (Å²) in [4.78, 5) is 29.2. The van der Waals surface area contributed by atoms with Gasteiger partial charge in [0.25, 0.3) is 0 Å². The zero-order valence-electron chi connectivity index (χ0n) is 22.4. The van der Waals surface area contributed by atoms with Crippen LogP contribution < -0.4 is 0 Å². The molecule has 2 aromatic rings. The molecular formula is C30H39FN2O4. The standard InChI is InChI=1S/C30H39FN2O4/c1-5-36-28(34)24-10-8-21(9-11-24)7-6-16-32-18-22(19-32)20-33(29(35)37-30(2,3)4)27-17-26(27)23-12-14-25(31)15-13-23/h8-15,22,26-27H,5-7,16-20H2,1-4H3. The number of likely N-dealkylation sites (tertiary alicyclic amines) is 1. The highest BCUT2D eigenvalue weighted by Gasteiger charge is 2.47. The van der Waals surface area contributed by atoms with Crippen LogP contribution in [0.2, 0.25) is 0 Å². The van der Waals surface area contributed by atoms with Crippen LogP contribution >= 0.6 is 0 Å². The molecule has 2 atom stereocenters. The third-order valence-corrected chi connectivity index (χ3v) is 6.98. The summed E-state index contributed by atoms with van der Waals surface area (Å²) in [5, 5.41) is 0. The highest BCUT2D eigenvalue weighted by Crippen LogP contribution is 2.45. The van der Waals surface area contributed by atoms with Gasteiger partial charge in [0, 0.05) is 37.5 Å². The molecule has 7 heteroatoms. The van der Waals surface area contributed by atoms with Gasteiger partial charge in [-0.2, -0.15) is 0 Å². The monoisotopic (exact) mass is 510 g/mol. The Morgan fingerprint density at radius 3 is 2.35 bits per heavy atom. The molecule has 37 heavy (non-hydrogen) atoms. The average Bonchev–Trinajstić information content (AvgIpc) is 3.60. The van der Waals surface area contributed by atoms with E-state index in [-0.39, 0.29) is 29.8 Å². The molecule has 200 valence electrons. The van der Waals surface area contributed by atoms with Crippen molar-refractivity contribution in [1.29, 1.82) is 0 Å². The van der Waals surface area contributed by atoms with Crippen LogP contribution in [0.1, 0.15) is 67.9 Å². The number of rotatable bonds is 10. The summed E-state index contributed by atoms with van der Waals surface area (Å²) in [5.41, 5.74) is 2.32. The molecule has 1 saturated heterocycles. The van der Waals surface area contributed by atoms with Gasteiger partial charge >= 0.3 is 12.1 Å². The SMILES string of the molecule is CCOC(=O)c1ccc(CCCN2CC(CN(C(=O)OC(C)(C)C)C3CC3c3ccc(F)cc3)C2)cc1. The van der Waals surface area contributed by atoms with Crippen molar-refractivity contribution in [1.82, 2.24) is 9.80 Å². The van der Waals surface area contributed by atoms with Crippen molar-refractivity contribution in [2.75, 3.05) is 32.8 Å². The van der Waals surface area contributed by atoms with Crippen LogP contribution in [0.4, 0.5) is 9.18 Å². The van der Waals surface area contributed by atoms with E-state index in [1.54, 1.807) is 6.92 Å². The summed E-state index contributed by atoms with van der Waals surface area (Å²) in [7, 11) is 0. The Balaban J connectivity index is 1.24. The number of amides is 1. The molecule has 1 amide bonds. The van der Waals surface area contributed by atoms with E-state index in [0.29, 0.717) is 24.6 Å². The number of hydrogen-bond donors (Lipinski definition) is 0. The minimum atomic E-state index is -0.546. The second-order valence-electron chi connectivity index (χ2n) is 11.2. The van der Waals surface area contributed by atoms with Crippen molar-refractivity contribution >= 4 is 12.1 Å². The lowest BCUT2D eigenvalue weighted by Crippen LogP contribution is -2.53. The fraction of sp³-hybridized carbons (Fsp3) is 0.533. The highest BCUT2D eigenvalue weighted by atomic mass is 19.1. The van der Waals surface area contributed by atoms with Gasteiger partial charge in [0.2, 0.25) is 0 Å². The Labute approximate surface area is 219 Å². The molecule has 0 bridgehead atoms. The van der Waals surface area contributed by atoms with Gasteiger partial charge in [-0.15, -0.1) is 0 Å². The summed E-state index contributed by atoms with van der Waals surface area (Å²) < 4.78 is 24.1. The smallest absolute Gasteiger partial charge is 0.410 e. The van der Waals surface area contributed by atoms with E-state index < -0.39 is 5.60 Å². The third-order valence-electron chi connectivity index (χ3n) is 6.98. The van der Waals surface area contributed by atoms with Crippen molar-refractivity contribution < 1.29 is 23.5 Å². The molecule has 2 fully saturated rings. The molecule has 2 aromatic carbocycles. The predicted octanol–water partition coefficient (Wildman–Crippen LogP) is 5.66. The fourth-order valence-corrected chi connectivity index (χ4v) is 5.04. The van der Waals surface area contributed by atoms with Crippen LogP contribution in [0.5, 0.6) is 0 Å². The van der Waals surface area contributed by atoms with Crippen molar-refractivity contribution in [3.8, 4) is 0 Å². The molecular weight excluding hydrogens is 471 g/mol. The Kier molecular flexibility index (Phi) is 8.53. The van der Waals surface area contributed by atoms with Gasteiger partial charge < -0.3 is 19.3 Å². The third kappa shape index (κ3) is 7.54. The van der Waals surface area contributed by atoms with Crippen molar-refractivity contribution in [2.45, 2.75) is 64.5 Å². The lowest BCUT2D eigenvalue weighted by atomic mass is 9.98. The van der Waals surface area contributed by atoms with Crippen molar-refractivity contribution in [3.05, 3.63) is 71.0 Å². The number of carbonyl (C=O) groups excluding carboxylic acids is 2. The molecule has 1 aliphatic carbocycles. The minimum Gasteiger partial charge on any atom is -0.462 e. The predicted molar refractivity (Wildman–Crippen MR) is 141 cm³/mol. The summed E-state index contributed by atoms with van der Waals surface area (Å²) in [5.74, 6) is 0.134. The molecule has 2 aliphatic rings. The first kappa shape index (κ1) is 27.1. The number of esters is 1. The molecule has 2 unspecified atom stereocenters. The lowest BCUT2D eigenvalue weighted by molar-refractivity contribution is 0.00755. The molecule has 0 N–H and O–H groups in total. The van der Waals surface area contributed by atoms with Crippen LogP contribution in [0.25, 0.3) is 0 Å². The van der Waals surface area contributed by atoms with E-state index in [2.05, 4.69) is 4.90 Å². The van der Waals surface area contributed by atoms with Crippen molar-refractivity contribution in [2.24, 2.45) is 5.92 Å². The molecule has 1 aliphatic heterocycles. The maximum Gasteiger partial charge on any atom is 0.410 e. The largest absolute Gasteiger partial charge is 0.462 e. The number of aryl methyl sites for hydroxylation is 1. The van der Waals surface area contributed by atoms with E-state index in [1.807, 2.05) is 62.1 Å². The van der Waals surface area contributed by atoms with Gasteiger partial charge in [-0.05, 0) is 88.9 Å². The molecule has 1 heterocycles. The Bertz CT molecular complexity index is 1060. The molecule has 4 rings (SSSR count). The number of halogens is 1. The summed E-state index contributed by atoms with van der Waals surface area (Å²) in [6.45, 7) is 11.5. The molecule has 6 nitrogen and oxygen atoms in total. The second-order valence-corrected chi connectivity index (χ2v) is 11.2. The number of carbonyl (C=O) groups is 2. The van der Waals surface area contributed by atoms with Crippen LogP contribution in [0.3, 0.4) is 0 Å². The number of nitrogens with zero attached hydrogens (tertiary/aromatic N) is 2. The highest BCUT2D eigenvalue weighted by molar-refractivity contribution is 5.89. The van der Waals surface area contributed by atoms with Gasteiger partial charge in [-0.1, -0.05) is 24.3 Å². The summed E-state index contributed by atoms with van der Waals surface area (Å²) in [6.07, 6.45) is 2.62. The zero-order chi connectivity index (χ0) is 26.6. The summed E-state index contributed by atoms with van der Waals surface area (Å²) >= 11 is 0. The maximum absolute atomic E-state index is 13.4. The normalized spacial score (nSPS) is 19.7. The topological polar surface area (TPSA) is 59.1 Å². The first-order chi connectivity index (χ1) is 17.6. The number of benzene rings is 2. The fourth-order valence-electron chi connectivity index (χ4n) is 5.04. The number of ether oxygens (including phenoxy) is 2. The maximum atomic E-state index is 13.4. The quantitative estimate of drug-likeness (QED) is 0.386. The Morgan fingerprint density at radius 1 is 1.05 bits per heavy atom. The Hall–Kier alpha value is -2.93. The Morgan fingerprint density at radius 2 is 1.73 bits per heavy atom. The van der Waals surface area contributed by atoms with E-state index in [9.17, 15) is 14.0 Å².